The van der Waals surface area contributed by atoms with E-state index in [9.17, 15) is 9.59 Å². The van der Waals surface area contributed by atoms with E-state index in [0.29, 0.717) is 11.3 Å². The first kappa shape index (κ1) is 21.5. The Morgan fingerprint density at radius 3 is 2.12 bits per heavy atom. The summed E-state index contributed by atoms with van der Waals surface area (Å²) in [6, 6.07) is 21.8. The van der Waals surface area contributed by atoms with Gasteiger partial charge in [-0.05, 0) is 43.2 Å². The van der Waals surface area contributed by atoms with E-state index in [1.807, 2.05) is 60.7 Å². The fraction of sp³-hybridized carbons (Fsp3) is 0.240. The minimum Gasteiger partial charge on any atom is -0.391 e. The summed E-state index contributed by atoms with van der Waals surface area (Å²) in [7, 11) is 1.64. The minimum absolute atomic E-state index is 0.108. The maximum absolute atomic E-state index is 13.3. The predicted molar refractivity (Wildman–Crippen MR) is 124 cm³/mol. The van der Waals surface area contributed by atoms with E-state index in [1.165, 1.54) is 4.90 Å². The second kappa shape index (κ2) is 10.1. The standard InChI is InChI=1S/C25H26N4O3/c1-27(21-13-7-3-8-14-21)25(31)32-23-16-15-22(19-26-23)29(28-17-9-4-10-18-28)24(30)20-11-5-2-6-12-20/h2-3,5-8,11-16,19H,4,9-10,17-18H2,1H3. The Morgan fingerprint density at radius 1 is 0.844 bits per heavy atom. The van der Waals surface area contributed by atoms with Crippen LogP contribution in [0.3, 0.4) is 0 Å². The van der Waals surface area contributed by atoms with Crippen molar-refractivity contribution in [1.29, 1.82) is 0 Å². The van der Waals surface area contributed by atoms with E-state index in [-0.39, 0.29) is 11.8 Å². The zero-order chi connectivity index (χ0) is 22.3. The Balaban J connectivity index is 1.52. The second-order valence-corrected chi connectivity index (χ2v) is 7.61. The van der Waals surface area contributed by atoms with Gasteiger partial charge in [0.2, 0.25) is 5.88 Å². The van der Waals surface area contributed by atoms with Gasteiger partial charge in [0.1, 0.15) is 0 Å². The summed E-state index contributed by atoms with van der Waals surface area (Å²) in [6.07, 6.45) is 4.26. The zero-order valence-corrected chi connectivity index (χ0v) is 18.1. The van der Waals surface area contributed by atoms with Gasteiger partial charge in [-0.3, -0.25) is 9.69 Å². The lowest BCUT2D eigenvalue weighted by atomic mass is 10.1. The lowest BCUT2D eigenvalue weighted by molar-refractivity contribution is 0.0872. The quantitative estimate of drug-likeness (QED) is 0.584. The average Bonchev–Trinajstić information content (AvgIpc) is 2.86. The molecule has 1 aliphatic heterocycles. The van der Waals surface area contributed by atoms with E-state index in [1.54, 1.807) is 30.4 Å². The number of rotatable bonds is 5. The molecular weight excluding hydrogens is 404 g/mol. The van der Waals surface area contributed by atoms with Crippen molar-refractivity contribution in [3.05, 3.63) is 84.6 Å². The zero-order valence-electron chi connectivity index (χ0n) is 18.1. The summed E-state index contributed by atoms with van der Waals surface area (Å²) in [6.45, 7) is 1.61. The largest absolute Gasteiger partial charge is 0.420 e. The first-order valence-electron chi connectivity index (χ1n) is 10.7. The number of pyridine rings is 1. The highest BCUT2D eigenvalue weighted by atomic mass is 16.6. The van der Waals surface area contributed by atoms with E-state index in [2.05, 4.69) is 9.99 Å². The molecule has 0 unspecified atom stereocenters. The van der Waals surface area contributed by atoms with Crippen LogP contribution in [-0.4, -0.2) is 42.1 Å². The highest BCUT2D eigenvalue weighted by Crippen LogP contribution is 2.24. The van der Waals surface area contributed by atoms with Crippen molar-refractivity contribution in [1.82, 2.24) is 9.99 Å². The number of hydrazine groups is 1. The number of piperidine rings is 1. The maximum atomic E-state index is 13.3. The molecule has 1 aromatic heterocycles. The fourth-order valence-corrected chi connectivity index (χ4v) is 3.66. The lowest BCUT2D eigenvalue weighted by Gasteiger charge is -2.37. The van der Waals surface area contributed by atoms with Crippen LogP contribution in [-0.2, 0) is 0 Å². The van der Waals surface area contributed by atoms with Crippen LogP contribution in [0.2, 0.25) is 0 Å². The van der Waals surface area contributed by atoms with Gasteiger partial charge in [-0.2, -0.15) is 0 Å². The SMILES string of the molecule is CN(C(=O)Oc1ccc(N(C(=O)c2ccccc2)N2CCCCC2)cn1)c1ccccc1. The molecule has 1 saturated heterocycles. The van der Waals surface area contributed by atoms with Crippen LogP contribution in [0.15, 0.2) is 79.0 Å². The highest BCUT2D eigenvalue weighted by Gasteiger charge is 2.26. The number of carbonyl (C=O) groups excluding carboxylic acids is 2. The van der Waals surface area contributed by atoms with Crippen molar-refractivity contribution in [2.24, 2.45) is 0 Å². The van der Waals surface area contributed by atoms with Crippen LogP contribution in [0.1, 0.15) is 29.6 Å². The van der Waals surface area contributed by atoms with E-state index in [4.69, 9.17) is 4.74 Å². The summed E-state index contributed by atoms with van der Waals surface area (Å²) in [5.41, 5.74) is 1.97. The predicted octanol–water partition coefficient (Wildman–Crippen LogP) is 4.76. The summed E-state index contributed by atoms with van der Waals surface area (Å²) in [5.74, 6) is 0.0649. The molecular formula is C25H26N4O3. The number of aromatic nitrogens is 1. The molecule has 0 atom stereocenters. The van der Waals surface area contributed by atoms with E-state index >= 15 is 0 Å². The van der Waals surface area contributed by atoms with Crippen LogP contribution in [0, 0.1) is 0 Å². The normalized spacial score (nSPS) is 13.9. The molecule has 0 radical (unpaired) electrons. The van der Waals surface area contributed by atoms with Crippen LogP contribution in [0.5, 0.6) is 5.88 Å². The molecule has 4 rings (SSSR count). The van der Waals surface area contributed by atoms with Gasteiger partial charge in [0.25, 0.3) is 5.91 Å². The summed E-state index contributed by atoms with van der Waals surface area (Å²) < 4.78 is 5.41. The lowest BCUT2D eigenvalue weighted by Crippen LogP contribution is -2.49. The number of benzene rings is 2. The average molecular weight is 431 g/mol. The van der Waals surface area contributed by atoms with Gasteiger partial charge < -0.3 is 4.74 Å². The summed E-state index contributed by atoms with van der Waals surface area (Å²) in [4.78, 5) is 31.5. The topological polar surface area (TPSA) is 66.0 Å². The number of hydrogen-bond acceptors (Lipinski definition) is 5. The van der Waals surface area contributed by atoms with Gasteiger partial charge in [-0.25, -0.2) is 19.8 Å². The van der Waals surface area contributed by atoms with Crippen molar-refractivity contribution < 1.29 is 14.3 Å². The van der Waals surface area contributed by atoms with Crippen molar-refractivity contribution >= 4 is 23.4 Å². The van der Waals surface area contributed by atoms with Gasteiger partial charge in [-0.1, -0.05) is 42.8 Å². The van der Waals surface area contributed by atoms with Gasteiger partial charge in [0.05, 0.1) is 11.9 Å². The third-order valence-corrected chi connectivity index (χ3v) is 5.40. The summed E-state index contributed by atoms with van der Waals surface area (Å²) >= 11 is 0. The van der Waals surface area contributed by atoms with Crippen molar-refractivity contribution in [3.63, 3.8) is 0 Å². The molecule has 1 aliphatic rings. The molecule has 0 aliphatic carbocycles. The summed E-state index contributed by atoms with van der Waals surface area (Å²) in [5, 5.41) is 3.74. The molecule has 7 nitrogen and oxygen atoms in total. The third kappa shape index (κ3) is 4.95. The van der Waals surface area contributed by atoms with E-state index in [0.717, 1.165) is 38.0 Å². The fourth-order valence-electron chi connectivity index (χ4n) is 3.66. The number of amides is 2. The molecule has 0 spiro atoms. The molecule has 7 heteroatoms. The Kier molecular flexibility index (Phi) is 6.77. The minimum atomic E-state index is -0.537. The van der Waals surface area contributed by atoms with Crippen molar-refractivity contribution in [2.45, 2.75) is 19.3 Å². The molecule has 3 aromatic rings. The molecule has 0 saturated carbocycles. The maximum Gasteiger partial charge on any atom is 0.420 e. The number of carbonyl (C=O) groups is 2. The number of anilines is 2. The highest BCUT2D eigenvalue weighted by molar-refractivity contribution is 6.05. The smallest absolute Gasteiger partial charge is 0.391 e. The monoisotopic (exact) mass is 430 g/mol. The molecule has 2 aromatic carbocycles. The molecule has 164 valence electrons. The Bertz CT molecular complexity index is 1040. The number of nitrogens with zero attached hydrogens (tertiary/aromatic N) is 4. The molecule has 0 N–H and O–H groups in total. The van der Waals surface area contributed by atoms with Gasteiger partial charge in [0.15, 0.2) is 0 Å². The Labute approximate surface area is 187 Å². The van der Waals surface area contributed by atoms with Gasteiger partial charge >= 0.3 is 6.09 Å². The van der Waals surface area contributed by atoms with Crippen LogP contribution < -0.4 is 14.6 Å². The number of hydrogen-bond donors (Lipinski definition) is 0. The number of para-hydroxylation sites is 1. The first-order valence-corrected chi connectivity index (χ1v) is 10.7. The van der Waals surface area contributed by atoms with Crippen LogP contribution >= 0.6 is 0 Å². The van der Waals surface area contributed by atoms with Gasteiger partial charge in [-0.15, -0.1) is 0 Å². The van der Waals surface area contributed by atoms with E-state index < -0.39 is 6.09 Å². The van der Waals surface area contributed by atoms with Crippen molar-refractivity contribution in [3.8, 4) is 5.88 Å². The molecule has 0 bridgehead atoms. The van der Waals surface area contributed by atoms with Crippen molar-refractivity contribution in [2.75, 3.05) is 30.0 Å². The molecule has 32 heavy (non-hydrogen) atoms. The van der Waals surface area contributed by atoms with Crippen LogP contribution in [0.4, 0.5) is 16.2 Å². The van der Waals surface area contributed by atoms with Gasteiger partial charge in [0, 0.05) is 37.5 Å². The molecule has 2 heterocycles. The Hall–Kier alpha value is -3.71. The first-order chi connectivity index (χ1) is 15.6. The van der Waals surface area contributed by atoms with Crippen LogP contribution in [0.25, 0.3) is 0 Å². The second-order valence-electron chi connectivity index (χ2n) is 7.61. The molecule has 2 amide bonds. The number of ether oxygens (including phenoxy) is 1. The molecule has 1 fully saturated rings. The Morgan fingerprint density at radius 2 is 1.50 bits per heavy atom. The third-order valence-electron chi connectivity index (χ3n) is 5.40.